The van der Waals surface area contributed by atoms with E-state index in [9.17, 15) is 19.7 Å². The lowest BCUT2D eigenvalue weighted by molar-refractivity contribution is -0.384. The molecule has 0 bridgehead atoms. The molecule has 3 rings (SSSR count). The summed E-state index contributed by atoms with van der Waals surface area (Å²) in [5, 5.41) is 18.1. The summed E-state index contributed by atoms with van der Waals surface area (Å²) in [6, 6.07) is 17.7. The maximum absolute atomic E-state index is 12.0. The molecule has 150 valence electrons. The van der Waals surface area contributed by atoms with Crippen molar-refractivity contribution >= 4 is 34.6 Å². The summed E-state index contributed by atoms with van der Waals surface area (Å²) in [5.74, 6) is -1.23. The number of benzene rings is 3. The van der Waals surface area contributed by atoms with Crippen LogP contribution in [0.4, 0.5) is 22.7 Å². The molecule has 30 heavy (non-hydrogen) atoms. The molecular weight excluding hydrogens is 390 g/mol. The summed E-state index contributed by atoms with van der Waals surface area (Å²) in [6.45, 7) is 0. The van der Waals surface area contributed by atoms with Crippen LogP contribution in [0.15, 0.2) is 83.0 Å². The molecule has 1 amide bonds. The number of nitrogens with two attached hydrogens (primary N) is 1. The van der Waals surface area contributed by atoms with Crippen molar-refractivity contribution in [3.63, 3.8) is 0 Å². The molecule has 0 unspecified atom stereocenters. The Morgan fingerprint density at radius 3 is 2.30 bits per heavy atom. The van der Waals surface area contributed by atoms with E-state index in [1.807, 2.05) is 0 Å². The van der Waals surface area contributed by atoms with Crippen molar-refractivity contribution in [2.24, 2.45) is 10.2 Å². The molecule has 0 aliphatic heterocycles. The molecule has 0 saturated heterocycles. The number of nitrogen functional groups attached to an aromatic ring is 1. The van der Waals surface area contributed by atoms with Crippen molar-refractivity contribution in [3.05, 3.63) is 94.0 Å². The molecule has 3 aromatic rings. The average Bonchev–Trinajstić information content (AvgIpc) is 2.76. The van der Waals surface area contributed by atoms with Gasteiger partial charge in [0.25, 0.3) is 11.6 Å². The third-order valence-corrected chi connectivity index (χ3v) is 3.83. The van der Waals surface area contributed by atoms with E-state index >= 15 is 0 Å². The first-order valence-corrected chi connectivity index (χ1v) is 8.56. The lowest BCUT2D eigenvalue weighted by Gasteiger charge is -2.06. The maximum atomic E-state index is 12.0. The van der Waals surface area contributed by atoms with Gasteiger partial charge in [0.05, 0.1) is 21.9 Å². The quantitative estimate of drug-likeness (QED) is 0.269. The molecule has 0 aliphatic rings. The summed E-state index contributed by atoms with van der Waals surface area (Å²) >= 11 is 0. The summed E-state index contributed by atoms with van der Waals surface area (Å²) in [4.78, 5) is 39.0. The van der Waals surface area contributed by atoms with Gasteiger partial charge in [0, 0.05) is 23.4 Å². The highest BCUT2D eigenvalue weighted by atomic mass is 16.7. The second-order valence-corrected chi connectivity index (χ2v) is 5.97. The smallest absolute Gasteiger partial charge is 0.362 e. The fourth-order valence-electron chi connectivity index (χ4n) is 2.31. The number of anilines is 2. The normalized spacial score (nSPS) is 10.5. The molecule has 0 aromatic heterocycles. The van der Waals surface area contributed by atoms with Crippen LogP contribution in [0.2, 0.25) is 0 Å². The molecule has 0 atom stereocenters. The van der Waals surface area contributed by atoms with Crippen LogP contribution in [-0.2, 0) is 4.84 Å². The largest absolute Gasteiger partial charge is 0.399 e. The van der Waals surface area contributed by atoms with Crippen LogP contribution in [0.5, 0.6) is 0 Å². The van der Waals surface area contributed by atoms with E-state index in [0.29, 0.717) is 22.6 Å². The summed E-state index contributed by atoms with van der Waals surface area (Å²) < 4.78 is 0. The zero-order valence-electron chi connectivity index (χ0n) is 15.4. The number of carbonyl (C=O) groups is 2. The van der Waals surface area contributed by atoms with E-state index < -0.39 is 16.8 Å². The first-order valence-electron chi connectivity index (χ1n) is 8.56. The van der Waals surface area contributed by atoms with Gasteiger partial charge < -0.3 is 10.6 Å². The van der Waals surface area contributed by atoms with Gasteiger partial charge in [-0.15, -0.1) is 10.2 Å². The molecule has 0 fully saturated rings. The number of azo groups is 1. The monoisotopic (exact) mass is 405 g/mol. The van der Waals surface area contributed by atoms with Crippen molar-refractivity contribution in [2.75, 3.05) is 11.2 Å². The van der Waals surface area contributed by atoms with E-state index in [0.717, 1.165) is 0 Å². The highest BCUT2D eigenvalue weighted by Crippen LogP contribution is 2.18. The second kappa shape index (κ2) is 9.06. The number of nitro benzene ring substituents is 1. The Labute approximate surface area is 170 Å². The zero-order valence-corrected chi connectivity index (χ0v) is 15.4. The molecule has 3 aromatic carbocycles. The fourth-order valence-corrected chi connectivity index (χ4v) is 2.31. The number of hydrogen-bond donors (Lipinski definition) is 2. The SMILES string of the molecule is Nc1cccc(C(=O)N=Nc2ccc(NOC(=O)c3ccc([N+](=O)[O-])cc3)cc2)c1. The number of nitro groups is 1. The van der Waals surface area contributed by atoms with Crippen molar-refractivity contribution < 1.29 is 19.3 Å². The van der Waals surface area contributed by atoms with Crippen LogP contribution in [0.25, 0.3) is 0 Å². The minimum Gasteiger partial charge on any atom is -0.399 e. The van der Waals surface area contributed by atoms with Gasteiger partial charge in [0.1, 0.15) is 0 Å². The predicted molar refractivity (Wildman–Crippen MR) is 108 cm³/mol. The maximum Gasteiger partial charge on any atom is 0.362 e. The number of rotatable bonds is 6. The molecular formula is C20H15N5O5. The minimum absolute atomic E-state index is 0.126. The molecule has 0 heterocycles. The van der Waals surface area contributed by atoms with Crippen molar-refractivity contribution in [1.29, 1.82) is 0 Å². The van der Waals surface area contributed by atoms with Gasteiger partial charge in [-0.3, -0.25) is 14.9 Å². The fraction of sp³-hybridized carbons (Fsp3) is 0. The predicted octanol–water partition coefficient (Wildman–Crippen LogP) is 4.29. The second-order valence-electron chi connectivity index (χ2n) is 5.97. The van der Waals surface area contributed by atoms with E-state index in [4.69, 9.17) is 10.6 Å². The highest BCUT2D eigenvalue weighted by molar-refractivity contribution is 5.95. The first-order chi connectivity index (χ1) is 14.4. The molecule has 0 aliphatic carbocycles. The van der Waals surface area contributed by atoms with E-state index in [1.165, 1.54) is 30.3 Å². The third-order valence-electron chi connectivity index (χ3n) is 3.83. The Morgan fingerprint density at radius 2 is 1.67 bits per heavy atom. The lowest BCUT2D eigenvalue weighted by Crippen LogP contribution is -2.10. The number of carbonyl (C=O) groups excluding carboxylic acids is 2. The Morgan fingerprint density at radius 1 is 0.967 bits per heavy atom. The van der Waals surface area contributed by atoms with Gasteiger partial charge in [0.15, 0.2) is 0 Å². The minimum atomic E-state index is -0.707. The molecule has 10 nitrogen and oxygen atoms in total. The molecule has 10 heteroatoms. The van der Waals surface area contributed by atoms with Crippen LogP contribution in [0.3, 0.4) is 0 Å². The van der Waals surface area contributed by atoms with Crippen LogP contribution in [0, 0.1) is 10.1 Å². The molecule has 3 N–H and O–H groups in total. The first kappa shape index (κ1) is 20.1. The summed E-state index contributed by atoms with van der Waals surface area (Å²) in [5.41, 5.74) is 9.77. The summed E-state index contributed by atoms with van der Waals surface area (Å²) in [6.07, 6.45) is 0. The van der Waals surface area contributed by atoms with Gasteiger partial charge in [-0.05, 0) is 54.6 Å². The van der Waals surface area contributed by atoms with Gasteiger partial charge in [-0.25, -0.2) is 10.3 Å². The van der Waals surface area contributed by atoms with E-state index in [1.54, 1.807) is 42.5 Å². The number of nitrogens with zero attached hydrogens (tertiary/aromatic N) is 3. The van der Waals surface area contributed by atoms with Gasteiger partial charge >= 0.3 is 5.97 Å². The van der Waals surface area contributed by atoms with Gasteiger partial charge in [-0.1, -0.05) is 6.07 Å². The van der Waals surface area contributed by atoms with Crippen molar-refractivity contribution in [2.45, 2.75) is 0 Å². The lowest BCUT2D eigenvalue weighted by atomic mass is 10.2. The Bertz CT molecular complexity index is 1110. The Kier molecular flexibility index (Phi) is 6.08. The van der Waals surface area contributed by atoms with Crippen LogP contribution in [0.1, 0.15) is 20.7 Å². The highest BCUT2D eigenvalue weighted by Gasteiger charge is 2.11. The van der Waals surface area contributed by atoms with Crippen LogP contribution in [-0.4, -0.2) is 16.8 Å². The number of amides is 1. The standard InChI is InChI=1S/C20H15N5O5/c21-15-3-1-2-14(12-15)19(26)23-22-16-6-8-17(9-7-16)24-30-20(27)13-4-10-18(11-5-13)25(28)29/h1-12,24H,21H2. The topological polar surface area (TPSA) is 149 Å². The van der Waals surface area contributed by atoms with Gasteiger partial charge in [-0.2, -0.15) is 0 Å². The van der Waals surface area contributed by atoms with Crippen LogP contribution < -0.4 is 11.2 Å². The Balaban J connectivity index is 1.55. The molecule has 0 radical (unpaired) electrons. The number of non-ortho nitro benzene ring substituents is 1. The van der Waals surface area contributed by atoms with Crippen LogP contribution >= 0.6 is 0 Å². The number of hydrogen-bond acceptors (Lipinski definition) is 8. The molecule has 0 saturated carbocycles. The van der Waals surface area contributed by atoms with E-state index in [-0.39, 0.29) is 11.3 Å². The van der Waals surface area contributed by atoms with Crippen molar-refractivity contribution in [1.82, 2.24) is 0 Å². The zero-order chi connectivity index (χ0) is 21.5. The van der Waals surface area contributed by atoms with Crippen molar-refractivity contribution in [3.8, 4) is 0 Å². The molecule has 0 spiro atoms. The summed E-state index contributed by atoms with van der Waals surface area (Å²) in [7, 11) is 0. The average molecular weight is 405 g/mol. The van der Waals surface area contributed by atoms with Gasteiger partial charge in [0.2, 0.25) is 0 Å². The Hall–Kier alpha value is -4.60. The third kappa shape index (κ3) is 5.23. The van der Waals surface area contributed by atoms with E-state index in [2.05, 4.69) is 15.7 Å². The number of nitrogens with one attached hydrogen (secondary N) is 1.